The Hall–Kier alpha value is -0.690. The summed E-state index contributed by atoms with van der Waals surface area (Å²) >= 11 is 0. The Morgan fingerprint density at radius 2 is 1.76 bits per heavy atom. The van der Waals surface area contributed by atoms with Crippen LogP contribution in [0, 0.1) is 0 Å². The molecule has 1 fully saturated rings. The molecule has 2 atom stereocenters. The average Bonchev–Trinajstić information content (AvgIpc) is 2.39. The lowest BCUT2D eigenvalue weighted by Gasteiger charge is -2.30. The van der Waals surface area contributed by atoms with Gasteiger partial charge in [-0.15, -0.1) is 0 Å². The third-order valence-electron chi connectivity index (χ3n) is 4.09. The predicted molar refractivity (Wildman–Crippen MR) is 82.3 cm³/mol. The first-order valence-corrected chi connectivity index (χ1v) is 8.07. The molecular formula is C15H31N3O3. The van der Waals surface area contributed by atoms with E-state index in [4.69, 9.17) is 5.73 Å². The van der Waals surface area contributed by atoms with E-state index >= 15 is 0 Å². The molecule has 2 unspecified atom stereocenters. The molecule has 0 aromatic rings. The van der Waals surface area contributed by atoms with E-state index in [0.29, 0.717) is 12.5 Å². The van der Waals surface area contributed by atoms with Crippen LogP contribution in [0.25, 0.3) is 0 Å². The van der Waals surface area contributed by atoms with E-state index in [1.807, 2.05) is 0 Å². The van der Waals surface area contributed by atoms with E-state index < -0.39 is 12.5 Å². The van der Waals surface area contributed by atoms with Crippen LogP contribution in [0.5, 0.6) is 0 Å². The van der Waals surface area contributed by atoms with Crippen LogP contribution in [0.15, 0.2) is 0 Å². The quantitative estimate of drug-likeness (QED) is 0.448. The van der Waals surface area contributed by atoms with E-state index in [9.17, 15) is 15.0 Å². The predicted octanol–water partition coefficient (Wildman–Crippen LogP) is 0.475. The van der Waals surface area contributed by atoms with E-state index in [-0.39, 0.29) is 5.91 Å². The minimum Gasteiger partial charge on any atom is -0.374 e. The lowest BCUT2D eigenvalue weighted by atomic mass is 10.1. The van der Waals surface area contributed by atoms with Crippen LogP contribution in [0.4, 0.5) is 0 Å². The fourth-order valence-corrected chi connectivity index (χ4v) is 2.82. The van der Waals surface area contributed by atoms with Crippen molar-refractivity contribution in [1.29, 1.82) is 0 Å². The summed E-state index contributed by atoms with van der Waals surface area (Å²) < 4.78 is 0. The van der Waals surface area contributed by atoms with Crippen molar-refractivity contribution in [1.82, 2.24) is 9.80 Å². The number of aliphatic hydroxyl groups excluding tert-OH is 2. The first-order valence-electron chi connectivity index (χ1n) is 8.07. The Bertz CT molecular complexity index is 295. The maximum Gasteiger partial charge on any atom is 0.226 e. The van der Waals surface area contributed by atoms with Gasteiger partial charge in [0.05, 0.1) is 0 Å². The second kappa shape index (κ2) is 9.35. The van der Waals surface area contributed by atoms with Crippen molar-refractivity contribution in [2.24, 2.45) is 5.73 Å². The van der Waals surface area contributed by atoms with Crippen LogP contribution < -0.4 is 5.73 Å². The van der Waals surface area contributed by atoms with Gasteiger partial charge in [-0.05, 0) is 59.2 Å². The number of nitrogens with zero attached hydrogens (tertiary/aromatic N) is 2. The number of nitrogens with two attached hydrogens (primary N) is 1. The number of piperidine rings is 1. The standard InChI is InChI=1S/C15H31N3O3/c1-12(19)18(13(2)20)15(21)6-4-3-5-9-17-10-7-14(16)8-11-17/h12-14,19-20H,3-11,16H2,1-2H3. The van der Waals surface area contributed by atoms with E-state index in [2.05, 4.69) is 4.90 Å². The molecule has 6 heteroatoms. The van der Waals surface area contributed by atoms with E-state index in [1.165, 1.54) is 13.8 Å². The fraction of sp³-hybridized carbons (Fsp3) is 0.933. The van der Waals surface area contributed by atoms with E-state index in [0.717, 1.165) is 56.6 Å². The Morgan fingerprint density at radius 3 is 2.29 bits per heavy atom. The number of rotatable bonds is 8. The number of likely N-dealkylation sites (tertiary alicyclic amines) is 1. The van der Waals surface area contributed by atoms with Crippen molar-refractivity contribution in [3.63, 3.8) is 0 Å². The molecule has 0 saturated carbocycles. The largest absolute Gasteiger partial charge is 0.374 e. The number of amides is 1. The van der Waals surface area contributed by atoms with Crippen LogP contribution in [0.2, 0.25) is 0 Å². The molecule has 1 rings (SSSR count). The van der Waals surface area contributed by atoms with Crippen molar-refractivity contribution in [2.45, 2.75) is 70.9 Å². The topological polar surface area (TPSA) is 90.0 Å². The molecule has 1 aliphatic rings. The summed E-state index contributed by atoms with van der Waals surface area (Å²) in [5.41, 5.74) is 5.87. The number of aliphatic hydroxyl groups is 2. The van der Waals surface area contributed by atoms with Gasteiger partial charge >= 0.3 is 0 Å². The third kappa shape index (κ3) is 6.74. The average molecular weight is 301 g/mol. The second-order valence-electron chi connectivity index (χ2n) is 6.05. The summed E-state index contributed by atoms with van der Waals surface area (Å²) in [7, 11) is 0. The summed E-state index contributed by atoms with van der Waals surface area (Å²) in [4.78, 5) is 15.5. The van der Waals surface area contributed by atoms with Crippen molar-refractivity contribution in [3.05, 3.63) is 0 Å². The van der Waals surface area contributed by atoms with Gasteiger partial charge in [-0.1, -0.05) is 6.42 Å². The summed E-state index contributed by atoms with van der Waals surface area (Å²) in [6, 6.07) is 0.366. The molecule has 1 amide bonds. The van der Waals surface area contributed by atoms with Crippen molar-refractivity contribution < 1.29 is 15.0 Å². The van der Waals surface area contributed by atoms with Crippen LogP contribution in [-0.4, -0.2) is 64.1 Å². The van der Waals surface area contributed by atoms with E-state index in [1.54, 1.807) is 0 Å². The molecule has 1 heterocycles. The second-order valence-corrected chi connectivity index (χ2v) is 6.05. The highest BCUT2D eigenvalue weighted by molar-refractivity contribution is 5.76. The summed E-state index contributed by atoms with van der Waals surface area (Å²) in [5, 5.41) is 19.0. The van der Waals surface area contributed by atoms with Crippen LogP contribution >= 0.6 is 0 Å². The van der Waals surface area contributed by atoms with Crippen LogP contribution in [0.3, 0.4) is 0 Å². The van der Waals surface area contributed by atoms with Crippen LogP contribution in [0.1, 0.15) is 52.4 Å². The number of carbonyl (C=O) groups excluding carboxylic acids is 1. The number of carbonyl (C=O) groups is 1. The molecular weight excluding hydrogens is 270 g/mol. The molecule has 4 N–H and O–H groups in total. The molecule has 1 aliphatic heterocycles. The van der Waals surface area contributed by atoms with Crippen molar-refractivity contribution in [2.75, 3.05) is 19.6 Å². The van der Waals surface area contributed by atoms with Gasteiger partial charge in [0.1, 0.15) is 12.5 Å². The van der Waals surface area contributed by atoms with Gasteiger partial charge < -0.3 is 20.8 Å². The Labute approximate surface area is 127 Å². The Morgan fingerprint density at radius 1 is 1.19 bits per heavy atom. The van der Waals surface area contributed by atoms with Gasteiger partial charge in [-0.2, -0.15) is 0 Å². The highest BCUT2D eigenvalue weighted by Gasteiger charge is 2.21. The molecule has 124 valence electrons. The molecule has 1 saturated heterocycles. The Kier molecular flexibility index (Phi) is 8.18. The number of unbranched alkanes of at least 4 members (excludes halogenated alkanes) is 2. The lowest BCUT2D eigenvalue weighted by Crippen LogP contribution is -2.44. The molecule has 0 aromatic heterocycles. The molecule has 0 spiro atoms. The number of hydrogen-bond donors (Lipinski definition) is 3. The molecule has 21 heavy (non-hydrogen) atoms. The highest BCUT2D eigenvalue weighted by atomic mass is 16.3. The van der Waals surface area contributed by atoms with Gasteiger partial charge in [0.15, 0.2) is 0 Å². The first-order chi connectivity index (χ1) is 9.91. The lowest BCUT2D eigenvalue weighted by molar-refractivity contribution is -0.156. The molecule has 0 aliphatic carbocycles. The zero-order valence-corrected chi connectivity index (χ0v) is 13.4. The Balaban J connectivity index is 2.12. The number of hydrogen-bond acceptors (Lipinski definition) is 5. The molecule has 0 radical (unpaired) electrons. The third-order valence-corrected chi connectivity index (χ3v) is 4.09. The van der Waals surface area contributed by atoms with Gasteiger partial charge in [0.25, 0.3) is 0 Å². The zero-order valence-electron chi connectivity index (χ0n) is 13.4. The monoisotopic (exact) mass is 301 g/mol. The first kappa shape index (κ1) is 18.4. The zero-order chi connectivity index (χ0) is 15.8. The highest BCUT2D eigenvalue weighted by Crippen LogP contribution is 2.12. The van der Waals surface area contributed by atoms with Gasteiger partial charge in [0.2, 0.25) is 5.91 Å². The minimum absolute atomic E-state index is 0.191. The fourth-order valence-electron chi connectivity index (χ4n) is 2.82. The molecule has 0 bridgehead atoms. The maximum absolute atomic E-state index is 11.9. The normalized spacial score (nSPS) is 20.2. The van der Waals surface area contributed by atoms with Crippen LogP contribution in [-0.2, 0) is 4.79 Å². The minimum atomic E-state index is -0.949. The summed E-state index contributed by atoms with van der Waals surface area (Å²) in [6.07, 6.45) is 3.49. The maximum atomic E-state index is 11.9. The van der Waals surface area contributed by atoms with Gasteiger partial charge in [0, 0.05) is 12.5 Å². The van der Waals surface area contributed by atoms with Gasteiger partial charge in [-0.25, -0.2) is 0 Å². The molecule has 6 nitrogen and oxygen atoms in total. The van der Waals surface area contributed by atoms with Crippen molar-refractivity contribution in [3.8, 4) is 0 Å². The van der Waals surface area contributed by atoms with Gasteiger partial charge in [-0.3, -0.25) is 9.69 Å². The summed E-state index contributed by atoms with van der Waals surface area (Å²) in [5.74, 6) is -0.191. The summed E-state index contributed by atoms with van der Waals surface area (Å²) in [6.45, 7) is 6.21. The SMILES string of the molecule is CC(O)N(C(=O)CCCCCN1CCC(N)CC1)C(C)O. The smallest absolute Gasteiger partial charge is 0.226 e. The molecule has 0 aromatic carbocycles. The van der Waals surface area contributed by atoms with Crippen molar-refractivity contribution >= 4 is 5.91 Å².